The number of nitrogens with zero attached hydrogens (tertiary/aromatic N) is 2. The van der Waals surface area contributed by atoms with Crippen LogP contribution in [0.5, 0.6) is 5.75 Å². The van der Waals surface area contributed by atoms with Crippen LogP contribution < -0.4 is 15.0 Å². The maximum Gasteiger partial charge on any atom is 0.258 e. The lowest BCUT2D eigenvalue weighted by Gasteiger charge is -2.31. The van der Waals surface area contributed by atoms with Crippen LogP contribution in [0, 0.1) is 0 Å². The number of hydrogen-bond acceptors (Lipinski definition) is 7. The summed E-state index contributed by atoms with van der Waals surface area (Å²) in [7, 11) is 0. The number of carbonyl (C=O) groups excluding carboxylic acids is 1. The first-order valence-corrected chi connectivity index (χ1v) is 12.4. The summed E-state index contributed by atoms with van der Waals surface area (Å²) in [6.45, 7) is 8.50. The van der Waals surface area contributed by atoms with Crippen LogP contribution in [0.25, 0.3) is 10.2 Å². The molecule has 1 fully saturated rings. The topological polar surface area (TPSA) is 83.9 Å². The molecule has 1 atom stereocenters. The zero-order valence-electron chi connectivity index (χ0n) is 19.0. The van der Waals surface area contributed by atoms with Crippen LogP contribution in [-0.2, 0) is 11.2 Å². The summed E-state index contributed by atoms with van der Waals surface area (Å²) in [6.07, 6.45) is 2.13. The van der Waals surface area contributed by atoms with Crippen molar-refractivity contribution in [1.82, 2.24) is 4.98 Å². The first kappa shape index (κ1) is 23.8. The number of anilines is 2. The van der Waals surface area contributed by atoms with E-state index in [2.05, 4.69) is 15.2 Å². The number of nitrogens with one attached hydrogen (secondary N) is 1. The summed E-state index contributed by atoms with van der Waals surface area (Å²) < 4.78 is 12.4. The number of amides is 1. The first-order valence-electron chi connectivity index (χ1n) is 11.1. The smallest absolute Gasteiger partial charge is 0.258 e. The SMILES string of the molecule is CC.C[C@]1(CO)Cc2cc(NC(=O)c3csc4cc(Cl)cnc34)c(N3CCOCC3)cc2O1. The molecule has 1 amide bonds. The van der Waals surface area contributed by atoms with Gasteiger partial charge in [0.25, 0.3) is 5.91 Å². The fraction of sp³-hybridized carbons (Fsp3) is 0.417. The number of morpholine rings is 1. The number of ether oxygens (including phenoxy) is 2. The molecule has 2 aromatic heterocycles. The van der Waals surface area contributed by atoms with Gasteiger partial charge in [0, 0.05) is 42.7 Å². The molecule has 176 valence electrons. The minimum absolute atomic E-state index is 0.0780. The van der Waals surface area contributed by atoms with Gasteiger partial charge in [-0.1, -0.05) is 25.4 Å². The van der Waals surface area contributed by atoms with E-state index < -0.39 is 5.60 Å². The van der Waals surface area contributed by atoms with E-state index in [1.807, 2.05) is 39.0 Å². The second-order valence-corrected chi connectivity index (χ2v) is 9.41. The van der Waals surface area contributed by atoms with Gasteiger partial charge in [-0.25, -0.2) is 0 Å². The molecule has 1 saturated heterocycles. The van der Waals surface area contributed by atoms with Crippen molar-refractivity contribution >= 4 is 50.4 Å². The third-order valence-corrected chi connectivity index (χ3v) is 6.78. The van der Waals surface area contributed by atoms with Gasteiger partial charge in [-0.15, -0.1) is 11.3 Å². The Morgan fingerprint density at radius 2 is 2.06 bits per heavy atom. The van der Waals surface area contributed by atoms with E-state index >= 15 is 0 Å². The van der Waals surface area contributed by atoms with Crippen molar-refractivity contribution in [1.29, 1.82) is 0 Å². The average Bonchev–Trinajstić information content (AvgIpc) is 3.40. The molecule has 2 aliphatic rings. The fourth-order valence-electron chi connectivity index (χ4n) is 4.05. The Balaban J connectivity index is 0.00000126. The molecule has 0 aliphatic carbocycles. The number of aliphatic hydroxyl groups is 1. The Labute approximate surface area is 202 Å². The van der Waals surface area contributed by atoms with Crippen LogP contribution in [0.2, 0.25) is 5.02 Å². The molecule has 2 N–H and O–H groups in total. The van der Waals surface area contributed by atoms with Gasteiger partial charge in [0.2, 0.25) is 0 Å². The van der Waals surface area contributed by atoms with E-state index in [1.54, 1.807) is 11.6 Å². The quantitative estimate of drug-likeness (QED) is 0.550. The van der Waals surface area contributed by atoms with Crippen molar-refractivity contribution in [3.05, 3.63) is 45.9 Å². The Morgan fingerprint density at radius 3 is 2.79 bits per heavy atom. The van der Waals surface area contributed by atoms with Crippen LogP contribution in [0.3, 0.4) is 0 Å². The largest absolute Gasteiger partial charge is 0.484 e. The van der Waals surface area contributed by atoms with E-state index in [0.717, 1.165) is 34.8 Å². The molecule has 0 bridgehead atoms. The lowest BCUT2D eigenvalue weighted by atomic mass is 9.99. The standard InChI is InChI=1S/C22H22ClN3O4S.C2H6/c1-22(12-27)9-13-6-16(17(8-18(13)30-22)26-2-4-29-5-3-26)25-21(28)15-11-31-19-7-14(23)10-24-20(15)19;1-2/h6-8,10-11,27H,2-5,9,12H2,1H3,(H,25,28);1-2H3/t22-;/m1./s1. The molecule has 0 saturated carbocycles. The predicted octanol–water partition coefficient (Wildman–Crippen LogP) is 4.75. The van der Waals surface area contributed by atoms with E-state index in [0.29, 0.717) is 41.4 Å². The maximum absolute atomic E-state index is 13.2. The van der Waals surface area contributed by atoms with Gasteiger partial charge in [0.1, 0.15) is 11.4 Å². The second-order valence-electron chi connectivity index (χ2n) is 8.07. The third-order valence-electron chi connectivity index (χ3n) is 5.66. The van der Waals surface area contributed by atoms with Gasteiger partial charge in [0.05, 0.1) is 52.0 Å². The van der Waals surface area contributed by atoms with Crippen LogP contribution in [0.1, 0.15) is 36.7 Å². The molecule has 0 radical (unpaired) electrons. The Morgan fingerprint density at radius 1 is 1.30 bits per heavy atom. The molecule has 5 rings (SSSR count). The van der Waals surface area contributed by atoms with Gasteiger partial charge in [0.15, 0.2) is 0 Å². The molecule has 0 spiro atoms. The summed E-state index contributed by atoms with van der Waals surface area (Å²) >= 11 is 7.47. The number of hydrogen-bond donors (Lipinski definition) is 2. The lowest BCUT2D eigenvalue weighted by Crippen LogP contribution is -2.36. The number of thiophene rings is 1. The van der Waals surface area contributed by atoms with E-state index in [1.165, 1.54) is 11.3 Å². The van der Waals surface area contributed by atoms with Crippen molar-refractivity contribution in [3.63, 3.8) is 0 Å². The number of pyridine rings is 1. The van der Waals surface area contributed by atoms with E-state index in [9.17, 15) is 9.90 Å². The lowest BCUT2D eigenvalue weighted by molar-refractivity contribution is 0.0446. The minimum Gasteiger partial charge on any atom is -0.484 e. The fourth-order valence-corrected chi connectivity index (χ4v) is 5.20. The Kier molecular flexibility index (Phi) is 7.09. The van der Waals surface area contributed by atoms with E-state index in [4.69, 9.17) is 21.1 Å². The first-order chi connectivity index (χ1) is 16.0. The van der Waals surface area contributed by atoms with Crippen LogP contribution in [0.4, 0.5) is 11.4 Å². The molecule has 33 heavy (non-hydrogen) atoms. The van der Waals surface area contributed by atoms with Gasteiger partial charge in [-0.3, -0.25) is 9.78 Å². The number of rotatable bonds is 4. The number of benzene rings is 1. The highest BCUT2D eigenvalue weighted by molar-refractivity contribution is 7.17. The van der Waals surface area contributed by atoms with Crippen molar-refractivity contribution in [2.45, 2.75) is 32.8 Å². The Bertz CT molecular complexity index is 1160. The molecule has 1 aromatic carbocycles. The van der Waals surface area contributed by atoms with Crippen LogP contribution in [-0.4, -0.2) is 54.5 Å². The zero-order valence-corrected chi connectivity index (χ0v) is 20.6. The minimum atomic E-state index is -0.653. The predicted molar refractivity (Wildman–Crippen MR) is 133 cm³/mol. The van der Waals surface area contributed by atoms with Crippen LogP contribution >= 0.6 is 22.9 Å². The van der Waals surface area contributed by atoms with Gasteiger partial charge in [-0.2, -0.15) is 0 Å². The normalized spacial score (nSPS) is 19.5. The number of aromatic nitrogens is 1. The molecule has 4 heterocycles. The molecular formula is C24H28ClN3O4S. The summed E-state index contributed by atoms with van der Waals surface area (Å²) in [5.41, 5.74) is 3.06. The van der Waals surface area contributed by atoms with Crippen molar-refractivity contribution < 1.29 is 19.4 Å². The highest BCUT2D eigenvalue weighted by Gasteiger charge is 2.35. The summed E-state index contributed by atoms with van der Waals surface area (Å²) in [4.78, 5) is 19.7. The molecule has 9 heteroatoms. The van der Waals surface area contributed by atoms with Gasteiger partial charge >= 0.3 is 0 Å². The average molecular weight is 490 g/mol. The zero-order chi connectivity index (χ0) is 23.6. The van der Waals surface area contributed by atoms with Crippen molar-refractivity contribution in [2.75, 3.05) is 43.1 Å². The number of fused-ring (bicyclic) bond motifs is 2. The van der Waals surface area contributed by atoms with Crippen LogP contribution in [0.15, 0.2) is 29.8 Å². The van der Waals surface area contributed by atoms with Crippen molar-refractivity contribution in [2.24, 2.45) is 0 Å². The summed E-state index contributed by atoms with van der Waals surface area (Å²) in [6, 6.07) is 5.73. The number of aliphatic hydroxyl groups excluding tert-OH is 1. The number of carbonyl (C=O) groups is 1. The van der Waals surface area contributed by atoms with Gasteiger partial charge < -0.3 is 24.8 Å². The maximum atomic E-state index is 13.2. The Hall–Kier alpha value is -2.39. The highest BCUT2D eigenvalue weighted by Crippen LogP contribution is 2.42. The second kappa shape index (κ2) is 9.85. The van der Waals surface area contributed by atoms with Gasteiger partial charge in [-0.05, 0) is 19.1 Å². The highest BCUT2D eigenvalue weighted by atomic mass is 35.5. The van der Waals surface area contributed by atoms with Crippen molar-refractivity contribution in [3.8, 4) is 5.75 Å². The molecule has 0 unspecified atom stereocenters. The molecule has 3 aromatic rings. The summed E-state index contributed by atoms with van der Waals surface area (Å²) in [5, 5.41) is 15.2. The third kappa shape index (κ3) is 4.80. The van der Waals surface area contributed by atoms with E-state index in [-0.39, 0.29) is 12.5 Å². The molecule has 2 aliphatic heterocycles. The summed E-state index contributed by atoms with van der Waals surface area (Å²) in [5.74, 6) is 0.521. The molecular weight excluding hydrogens is 462 g/mol. The monoisotopic (exact) mass is 489 g/mol. The molecule has 7 nitrogen and oxygen atoms in total. The number of halogens is 1.